The maximum Gasteiger partial charge on any atom is 0.161 e. The topological polar surface area (TPSA) is 43.7 Å². The molecule has 24 heavy (non-hydrogen) atoms. The Balaban J connectivity index is 2.23. The van der Waals surface area contributed by atoms with Gasteiger partial charge in [0.25, 0.3) is 0 Å². The van der Waals surface area contributed by atoms with Gasteiger partial charge in [0.05, 0.1) is 0 Å². The fourth-order valence-electron chi connectivity index (χ4n) is 2.34. The van der Waals surface area contributed by atoms with Gasteiger partial charge in [-0.1, -0.05) is 35.9 Å². The van der Waals surface area contributed by atoms with E-state index in [4.69, 9.17) is 0 Å². The largest absolute Gasteiger partial charge is 0.504 e. The molecule has 0 heterocycles. The molecule has 126 valence electrons. The van der Waals surface area contributed by atoms with Gasteiger partial charge in [-0.3, -0.25) is 0 Å². The summed E-state index contributed by atoms with van der Waals surface area (Å²) in [4.78, 5) is 2.06. The third-order valence-electron chi connectivity index (χ3n) is 3.80. The first-order valence-corrected chi connectivity index (χ1v) is 8.00. The number of allylic oxidation sites excluding steroid dienone is 2. The van der Waals surface area contributed by atoms with Crippen molar-refractivity contribution in [3.8, 4) is 11.5 Å². The Kier molecular flexibility index (Phi) is 5.69. The van der Waals surface area contributed by atoms with E-state index >= 15 is 0 Å². The Hall–Kier alpha value is -2.68. The smallest absolute Gasteiger partial charge is 0.161 e. The van der Waals surface area contributed by atoms with Crippen molar-refractivity contribution in [1.82, 2.24) is 0 Å². The van der Waals surface area contributed by atoms with Gasteiger partial charge >= 0.3 is 0 Å². The fraction of sp³-hybridized carbons (Fsp3) is 0.238. The average molecular weight is 323 g/mol. The van der Waals surface area contributed by atoms with Crippen molar-refractivity contribution in [3.05, 3.63) is 64.7 Å². The number of rotatable bonds is 5. The molecule has 3 heteroatoms. The highest BCUT2D eigenvalue weighted by Gasteiger charge is 2.07. The van der Waals surface area contributed by atoms with E-state index in [-0.39, 0.29) is 11.5 Å². The lowest BCUT2D eigenvalue weighted by atomic mass is 10.0. The molecule has 0 aliphatic carbocycles. The van der Waals surface area contributed by atoms with Gasteiger partial charge in [-0.25, -0.2) is 0 Å². The predicted molar refractivity (Wildman–Crippen MR) is 103 cm³/mol. The van der Waals surface area contributed by atoms with Crippen LogP contribution in [0.25, 0.3) is 12.2 Å². The minimum absolute atomic E-state index is 0.0417. The second-order valence-electron chi connectivity index (χ2n) is 6.35. The molecule has 2 aromatic carbocycles. The zero-order chi connectivity index (χ0) is 17.7. The Morgan fingerprint density at radius 2 is 1.58 bits per heavy atom. The molecule has 0 spiro atoms. The van der Waals surface area contributed by atoms with Crippen LogP contribution in [0.2, 0.25) is 0 Å². The standard InChI is InChI=1S/C21H25NO2/c1-15(2)5-10-18-13-17(14-20(23)21(18)24)7-6-16-8-11-19(12-9-16)22(3)4/h5-9,11-14,23-24H,10H2,1-4H3. The van der Waals surface area contributed by atoms with Gasteiger partial charge in [0.2, 0.25) is 0 Å². The van der Waals surface area contributed by atoms with Crippen molar-refractivity contribution in [2.75, 3.05) is 19.0 Å². The van der Waals surface area contributed by atoms with Crippen LogP contribution >= 0.6 is 0 Å². The highest BCUT2D eigenvalue weighted by atomic mass is 16.3. The average Bonchev–Trinajstić information content (AvgIpc) is 2.54. The number of hydrogen-bond acceptors (Lipinski definition) is 3. The molecule has 0 aromatic heterocycles. The van der Waals surface area contributed by atoms with Crippen LogP contribution in [0.3, 0.4) is 0 Å². The van der Waals surface area contributed by atoms with Gasteiger partial charge in [0, 0.05) is 25.3 Å². The van der Waals surface area contributed by atoms with E-state index < -0.39 is 0 Å². The Morgan fingerprint density at radius 3 is 2.17 bits per heavy atom. The quantitative estimate of drug-likeness (QED) is 0.470. The van der Waals surface area contributed by atoms with E-state index in [0.29, 0.717) is 6.42 Å². The normalized spacial score (nSPS) is 10.8. The second kappa shape index (κ2) is 7.73. The summed E-state index contributed by atoms with van der Waals surface area (Å²) in [5.41, 5.74) is 4.99. The summed E-state index contributed by atoms with van der Waals surface area (Å²) in [5, 5.41) is 19.9. The van der Waals surface area contributed by atoms with Gasteiger partial charge < -0.3 is 15.1 Å². The maximum absolute atomic E-state index is 9.99. The second-order valence-corrected chi connectivity index (χ2v) is 6.35. The molecule has 0 unspecified atom stereocenters. The molecule has 0 aliphatic heterocycles. The molecule has 0 saturated heterocycles. The molecule has 3 nitrogen and oxygen atoms in total. The van der Waals surface area contributed by atoms with Crippen molar-refractivity contribution in [1.29, 1.82) is 0 Å². The van der Waals surface area contributed by atoms with E-state index in [2.05, 4.69) is 29.2 Å². The lowest BCUT2D eigenvalue weighted by Gasteiger charge is -2.11. The summed E-state index contributed by atoms with van der Waals surface area (Å²) in [6, 6.07) is 11.7. The zero-order valence-electron chi connectivity index (χ0n) is 14.7. The van der Waals surface area contributed by atoms with Crippen LogP contribution in [-0.2, 0) is 6.42 Å². The maximum atomic E-state index is 9.99. The summed E-state index contributed by atoms with van der Waals surface area (Å²) in [7, 11) is 4.02. The van der Waals surface area contributed by atoms with Crippen LogP contribution in [0.1, 0.15) is 30.5 Å². The Labute approximate surface area is 144 Å². The van der Waals surface area contributed by atoms with Gasteiger partial charge in [0.15, 0.2) is 11.5 Å². The Morgan fingerprint density at radius 1 is 0.958 bits per heavy atom. The number of aromatic hydroxyl groups is 2. The van der Waals surface area contributed by atoms with Crippen LogP contribution < -0.4 is 4.90 Å². The first kappa shape index (κ1) is 17.7. The summed E-state index contributed by atoms with van der Waals surface area (Å²) in [6.45, 7) is 4.02. The van der Waals surface area contributed by atoms with Crippen molar-refractivity contribution < 1.29 is 10.2 Å². The van der Waals surface area contributed by atoms with Crippen molar-refractivity contribution in [3.63, 3.8) is 0 Å². The van der Waals surface area contributed by atoms with Gasteiger partial charge in [-0.15, -0.1) is 0 Å². The third kappa shape index (κ3) is 4.66. The summed E-state index contributed by atoms with van der Waals surface area (Å²) in [6.07, 6.45) is 6.56. The minimum Gasteiger partial charge on any atom is -0.504 e. The van der Waals surface area contributed by atoms with Crippen LogP contribution in [0.15, 0.2) is 48.0 Å². The van der Waals surface area contributed by atoms with E-state index in [1.54, 1.807) is 6.07 Å². The molecule has 0 fully saturated rings. The van der Waals surface area contributed by atoms with E-state index in [9.17, 15) is 10.2 Å². The molecule has 0 amide bonds. The SMILES string of the molecule is CC(C)=CCc1cc(C=Cc2ccc(N(C)C)cc2)cc(O)c1O. The zero-order valence-corrected chi connectivity index (χ0v) is 14.7. The molecular formula is C21H25NO2. The molecule has 0 atom stereocenters. The molecule has 2 aromatic rings. The summed E-state index contributed by atoms with van der Waals surface area (Å²) in [5.74, 6) is -0.128. The minimum atomic E-state index is -0.0859. The molecule has 0 bridgehead atoms. The molecular weight excluding hydrogens is 298 g/mol. The molecule has 0 aliphatic rings. The van der Waals surface area contributed by atoms with Gasteiger partial charge in [-0.05, 0) is 55.7 Å². The van der Waals surface area contributed by atoms with E-state index in [1.807, 2.05) is 52.2 Å². The first-order chi connectivity index (χ1) is 11.4. The van der Waals surface area contributed by atoms with Gasteiger partial charge in [0.1, 0.15) is 0 Å². The monoisotopic (exact) mass is 323 g/mol. The van der Waals surface area contributed by atoms with E-state index in [1.165, 1.54) is 5.57 Å². The van der Waals surface area contributed by atoms with Gasteiger partial charge in [-0.2, -0.15) is 0 Å². The lowest BCUT2D eigenvalue weighted by molar-refractivity contribution is 0.400. The number of benzene rings is 2. The highest BCUT2D eigenvalue weighted by Crippen LogP contribution is 2.32. The summed E-state index contributed by atoms with van der Waals surface area (Å²) < 4.78 is 0. The molecule has 2 N–H and O–H groups in total. The number of phenols is 2. The van der Waals surface area contributed by atoms with Crippen LogP contribution in [0.5, 0.6) is 11.5 Å². The predicted octanol–water partition coefficient (Wildman–Crippen LogP) is 4.84. The number of anilines is 1. The molecule has 2 rings (SSSR count). The fourth-order valence-corrected chi connectivity index (χ4v) is 2.34. The number of hydrogen-bond donors (Lipinski definition) is 2. The molecule has 0 saturated carbocycles. The molecule has 0 radical (unpaired) electrons. The van der Waals surface area contributed by atoms with Crippen LogP contribution in [0.4, 0.5) is 5.69 Å². The van der Waals surface area contributed by atoms with Crippen LogP contribution in [-0.4, -0.2) is 24.3 Å². The van der Waals surface area contributed by atoms with Crippen molar-refractivity contribution >= 4 is 17.8 Å². The summed E-state index contributed by atoms with van der Waals surface area (Å²) >= 11 is 0. The van der Waals surface area contributed by atoms with Crippen molar-refractivity contribution in [2.24, 2.45) is 0 Å². The Bertz CT molecular complexity index is 752. The number of nitrogens with zero attached hydrogens (tertiary/aromatic N) is 1. The number of phenolic OH excluding ortho intramolecular Hbond substituents is 2. The highest BCUT2D eigenvalue weighted by molar-refractivity contribution is 5.72. The lowest BCUT2D eigenvalue weighted by Crippen LogP contribution is -2.07. The van der Waals surface area contributed by atoms with Crippen LogP contribution in [0, 0.1) is 0 Å². The van der Waals surface area contributed by atoms with E-state index in [0.717, 1.165) is 22.4 Å². The first-order valence-electron chi connectivity index (χ1n) is 8.00. The third-order valence-corrected chi connectivity index (χ3v) is 3.80. The van der Waals surface area contributed by atoms with Crippen molar-refractivity contribution in [2.45, 2.75) is 20.3 Å².